The minimum atomic E-state index is -0.625. The third-order valence-electron chi connectivity index (χ3n) is 1.53. The van der Waals surface area contributed by atoms with Gasteiger partial charge in [0.25, 0.3) is 5.91 Å². The Labute approximate surface area is 78.6 Å². The van der Waals surface area contributed by atoms with Crippen molar-refractivity contribution in [1.29, 1.82) is 0 Å². The number of nitrogens with two attached hydrogens (primary N) is 1. The Morgan fingerprint density at radius 2 is 2.21 bits per heavy atom. The summed E-state index contributed by atoms with van der Waals surface area (Å²) in [5.41, 5.74) is 5.14. The van der Waals surface area contributed by atoms with Gasteiger partial charge in [-0.05, 0) is 0 Å². The molecule has 1 amide bonds. The molecule has 0 fully saturated rings. The molecule has 70 valence electrons. The van der Waals surface area contributed by atoms with E-state index in [1.807, 2.05) is 0 Å². The zero-order valence-corrected chi connectivity index (χ0v) is 7.03. The number of nitrogens with zero attached hydrogens (tertiary/aromatic N) is 5. The van der Waals surface area contributed by atoms with E-state index in [1.54, 1.807) is 0 Å². The van der Waals surface area contributed by atoms with Crippen LogP contribution in [-0.4, -0.2) is 30.6 Å². The number of primary amides is 1. The fourth-order valence-corrected chi connectivity index (χ4v) is 0.911. The van der Waals surface area contributed by atoms with E-state index in [9.17, 15) is 4.79 Å². The number of aromatic nitrogens is 5. The lowest BCUT2D eigenvalue weighted by molar-refractivity contribution is 0.0995. The summed E-state index contributed by atoms with van der Waals surface area (Å²) < 4.78 is 1.39. The SMILES string of the molecule is NC(=O)c1cncc(-n2cncn2)n1. The average Bonchev–Trinajstić information content (AvgIpc) is 2.71. The van der Waals surface area contributed by atoms with E-state index >= 15 is 0 Å². The van der Waals surface area contributed by atoms with Crippen molar-refractivity contribution in [2.24, 2.45) is 5.73 Å². The van der Waals surface area contributed by atoms with Gasteiger partial charge in [-0.25, -0.2) is 14.6 Å². The topological polar surface area (TPSA) is 99.6 Å². The molecule has 0 aliphatic carbocycles. The molecule has 0 unspecified atom stereocenters. The zero-order chi connectivity index (χ0) is 9.97. The van der Waals surface area contributed by atoms with Crippen molar-refractivity contribution in [3.8, 4) is 5.82 Å². The third kappa shape index (κ3) is 1.42. The first-order chi connectivity index (χ1) is 6.77. The molecule has 2 rings (SSSR count). The van der Waals surface area contributed by atoms with Gasteiger partial charge in [0.15, 0.2) is 5.82 Å². The van der Waals surface area contributed by atoms with E-state index < -0.39 is 5.91 Å². The van der Waals surface area contributed by atoms with E-state index in [4.69, 9.17) is 5.73 Å². The summed E-state index contributed by atoms with van der Waals surface area (Å²) in [6, 6.07) is 0. The fourth-order valence-electron chi connectivity index (χ4n) is 0.911. The van der Waals surface area contributed by atoms with E-state index in [1.165, 1.54) is 29.7 Å². The minimum absolute atomic E-state index is 0.0954. The van der Waals surface area contributed by atoms with Gasteiger partial charge in [0.2, 0.25) is 0 Å². The van der Waals surface area contributed by atoms with Crippen molar-refractivity contribution in [3.63, 3.8) is 0 Å². The quantitative estimate of drug-likeness (QED) is 0.665. The molecule has 0 aliphatic rings. The second-order valence-electron chi connectivity index (χ2n) is 2.47. The molecule has 7 heteroatoms. The summed E-state index contributed by atoms with van der Waals surface area (Å²) >= 11 is 0. The largest absolute Gasteiger partial charge is 0.364 e. The summed E-state index contributed by atoms with van der Waals surface area (Å²) in [5.74, 6) is -0.224. The smallest absolute Gasteiger partial charge is 0.268 e. The highest BCUT2D eigenvalue weighted by Gasteiger charge is 2.05. The van der Waals surface area contributed by atoms with Gasteiger partial charge < -0.3 is 5.73 Å². The minimum Gasteiger partial charge on any atom is -0.364 e. The standard InChI is InChI=1S/C7H6N6O/c8-7(14)5-1-9-2-6(12-5)13-4-10-3-11-13/h1-4H,(H2,8,14). The highest BCUT2D eigenvalue weighted by molar-refractivity contribution is 5.90. The van der Waals surface area contributed by atoms with Gasteiger partial charge in [0, 0.05) is 0 Å². The number of amides is 1. The highest BCUT2D eigenvalue weighted by Crippen LogP contribution is 1.99. The first-order valence-corrected chi connectivity index (χ1v) is 3.74. The van der Waals surface area contributed by atoms with E-state index in [2.05, 4.69) is 20.1 Å². The van der Waals surface area contributed by atoms with Crippen LogP contribution >= 0.6 is 0 Å². The number of hydrogen-bond acceptors (Lipinski definition) is 5. The lowest BCUT2D eigenvalue weighted by atomic mass is 10.4. The molecular formula is C7H6N6O. The van der Waals surface area contributed by atoms with Crippen LogP contribution in [0.1, 0.15) is 10.5 Å². The van der Waals surface area contributed by atoms with Crippen LogP contribution in [0.2, 0.25) is 0 Å². The van der Waals surface area contributed by atoms with E-state index in [0.29, 0.717) is 5.82 Å². The molecule has 0 bridgehead atoms. The lowest BCUT2D eigenvalue weighted by Crippen LogP contribution is -2.15. The molecule has 0 aliphatic heterocycles. The third-order valence-corrected chi connectivity index (χ3v) is 1.53. The van der Waals surface area contributed by atoms with Crippen molar-refractivity contribution in [3.05, 3.63) is 30.7 Å². The molecule has 2 aromatic rings. The first-order valence-electron chi connectivity index (χ1n) is 3.74. The molecule has 2 aromatic heterocycles. The van der Waals surface area contributed by atoms with Gasteiger partial charge in [-0.2, -0.15) is 5.10 Å². The van der Waals surface area contributed by atoms with Gasteiger partial charge in [-0.3, -0.25) is 9.78 Å². The second-order valence-corrected chi connectivity index (χ2v) is 2.47. The summed E-state index contributed by atoms with van der Waals surface area (Å²) in [6.07, 6.45) is 5.57. The van der Waals surface area contributed by atoms with E-state index in [-0.39, 0.29) is 5.69 Å². The molecular weight excluding hydrogens is 184 g/mol. The van der Waals surface area contributed by atoms with Crippen molar-refractivity contribution >= 4 is 5.91 Å². The van der Waals surface area contributed by atoms with Crippen molar-refractivity contribution < 1.29 is 4.79 Å². The molecule has 0 saturated carbocycles. The van der Waals surface area contributed by atoms with Gasteiger partial charge in [0.1, 0.15) is 18.3 Å². The Morgan fingerprint density at radius 1 is 1.36 bits per heavy atom. The predicted molar refractivity (Wildman–Crippen MR) is 45.5 cm³/mol. The second kappa shape index (κ2) is 3.21. The summed E-state index contributed by atoms with van der Waals surface area (Å²) in [4.78, 5) is 22.3. The maximum atomic E-state index is 10.8. The van der Waals surface area contributed by atoms with Crippen molar-refractivity contribution in [2.45, 2.75) is 0 Å². The van der Waals surface area contributed by atoms with Gasteiger partial charge >= 0.3 is 0 Å². The molecule has 0 aromatic carbocycles. The van der Waals surface area contributed by atoms with Crippen LogP contribution in [0.15, 0.2) is 25.0 Å². The molecule has 0 radical (unpaired) electrons. The van der Waals surface area contributed by atoms with Crippen LogP contribution in [0.4, 0.5) is 0 Å². The monoisotopic (exact) mass is 190 g/mol. The van der Waals surface area contributed by atoms with Crippen molar-refractivity contribution in [1.82, 2.24) is 24.7 Å². The molecule has 2 heterocycles. The van der Waals surface area contributed by atoms with Gasteiger partial charge in [-0.15, -0.1) is 0 Å². The first kappa shape index (κ1) is 8.30. The number of hydrogen-bond donors (Lipinski definition) is 1. The van der Waals surface area contributed by atoms with Crippen LogP contribution in [-0.2, 0) is 0 Å². The Balaban J connectivity index is 2.46. The predicted octanol–water partition coefficient (Wildman–Crippen LogP) is -0.844. The van der Waals surface area contributed by atoms with Gasteiger partial charge in [-0.1, -0.05) is 0 Å². The van der Waals surface area contributed by atoms with Crippen LogP contribution in [0.5, 0.6) is 0 Å². The maximum absolute atomic E-state index is 10.8. The van der Waals surface area contributed by atoms with Crippen LogP contribution in [0.3, 0.4) is 0 Å². The number of rotatable bonds is 2. The highest BCUT2D eigenvalue weighted by atomic mass is 16.1. The molecule has 7 nitrogen and oxygen atoms in total. The summed E-state index contributed by atoms with van der Waals surface area (Å²) in [5, 5.41) is 3.84. The summed E-state index contributed by atoms with van der Waals surface area (Å²) in [6.45, 7) is 0. The molecule has 2 N–H and O–H groups in total. The zero-order valence-electron chi connectivity index (χ0n) is 7.03. The Hall–Kier alpha value is -2.31. The van der Waals surface area contributed by atoms with E-state index in [0.717, 1.165) is 0 Å². The Kier molecular flexibility index (Phi) is 1.90. The fraction of sp³-hybridized carbons (Fsp3) is 0. The maximum Gasteiger partial charge on any atom is 0.268 e. The average molecular weight is 190 g/mol. The van der Waals surface area contributed by atoms with Crippen LogP contribution < -0.4 is 5.73 Å². The Bertz CT molecular complexity index is 451. The normalized spacial score (nSPS) is 10.0. The van der Waals surface area contributed by atoms with Crippen LogP contribution in [0.25, 0.3) is 5.82 Å². The lowest BCUT2D eigenvalue weighted by Gasteiger charge is -1.99. The molecule has 14 heavy (non-hydrogen) atoms. The molecule has 0 spiro atoms. The number of carbonyl (C=O) groups excluding carboxylic acids is 1. The number of carbonyl (C=O) groups is 1. The van der Waals surface area contributed by atoms with Crippen LogP contribution in [0, 0.1) is 0 Å². The molecule has 0 atom stereocenters. The summed E-state index contributed by atoms with van der Waals surface area (Å²) in [7, 11) is 0. The Morgan fingerprint density at radius 3 is 2.86 bits per heavy atom. The van der Waals surface area contributed by atoms with Gasteiger partial charge in [0.05, 0.1) is 12.4 Å². The van der Waals surface area contributed by atoms with Crippen molar-refractivity contribution in [2.75, 3.05) is 0 Å². The molecule has 0 saturated heterocycles.